The summed E-state index contributed by atoms with van der Waals surface area (Å²) < 4.78 is 16.0. The first-order chi connectivity index (χ1) is 9.20. The van der Waals surface area contributed by atoms with Crippen LogP contribution in [0.1, 0.15) is 28.8 Å². The van der Waals surface area contributed by atoms with E-state index in [0.29, 0.717) is 19.0 Å². The molecular weight excluding hydrogens is 248 g/mol. The Labute approximate surface area is 112 Å². The van der Waals surface area contributed by atoms with Crippen molar-refractivity contribution in [1.29, 1.82) is 0 Å². The molecule has 0 bridgehead atoms. The number of carbonyl (C=O) groups is 1. The Morgan fingerprint density at radius 1 is 1.53 bits per heavy atom. The molecular formula is C14H18O5. The Morgan fingerprint density at radius 3 is 3.00 bits per heavy atom. The van der Waals surface area contributed by atoms with Crippen LogP contribution in [-0.2, 0) is 16.1 Å². The number of rotatable bonds is 6. The molecule has 1 aliphatic rings. The minimum absolute atomic E-state index is 0.153. The van der Waals surface area contributed by atoms with Crippen molar-refractivity contribution < 1.29 is 24.1 Å². The lowest BCUT2D eigenvalue weighted by molar-refractivity contribution is 0.0105. The topological polar surface area (TPSA) is 65.0 Å². The summed E-state index contributed by atoms with van der Waals surface area (Å²) in [4.78, 5) is 11.1. The molecule has 1 unspecified atom stereocenters. The van der Waals surface area contributed by atoms with Crippen molar-refractivity contribution in [2.75, 3.05) is 20.3 Å². The summed E-state index contributed by atoms with van der Waals surface area (Å²) >= 11 is 0. The molecule has 0 amide bonds. The van der Waals surface area contributed by atoms with Gasteiger partial charge in [0.25, 0.3) is 0 Å². The summed E-state index contributed by atoms with van der Waals surface area (Å²) in [5, 5.41) is 9.08. The molecule has 0 saturated carbocycles. The van der Waals surface area contributed by atoms with Gasteiger partial charge in [0.2, 0.25) is 0 Å². The molecule has 0 radical (unpaired) electrons. The molecule has 5 heteroatoms. The predicted octanol–water partition coefficient (Wildman–Crippen LogP) is 2.09. The Kier molecular flexibility index (Phi) is 4.76. The molecule has 1 aliphatic heterocycles. The van der Waals surface area contributed by atoms with E-state index in [4.69, 9.17) is 19.3 Å². The second kappa shape index (κ2) is 6.54. The van der Waals surface area contributed by atoms with E-state index >= 15 is 0 Å². The van der Waals surface area contributed by atoms with Crippen molar-refractivity contribution >= 4 is 5.97 Å². The molecule has 0 aromatic heterocycles. The molecule has 2 rings (SSSR count). The van der Waals surface area contributed by atoms with Gasteiger partial charge < -0.3 is 19.3 Å². The van der Waals surface area contributed by atoms with E-state index in [1.807, 2.05) is 0 Å². The number of carboxylic acids is 1. The Morgan fingerprint density at radius 2 is 2.37 bits per heavy atom. The highest BCUT2D eigenvalue weighted by molar-refractivity contribution is 5.91. The highest BCUT2D eigenvalue weighted by Gasteiger charge is 2.16. The zero-order chi connectivity index (χ0) is 13.7. The monoisotopic (exact) mass is 266 g/mol. The smallest absolute Gasteiger partial charge is 0.339 e. The minimum Gasteiger partial charge on any atom is -0.496 e. The van der Waals surface area contributed by atoms with Gasteiger partial charge in [0.15, 0.2) is 0 Å². The van der Waals surface area contributed by atoms with E-state index in [1.165, 1.54) is 7.11 Å². The molecule has 1 atom stereocenters. The number of aromatic carboxylic acids is 1. The molecule has 1 fully saturated rings. The van der Waals surface area contributed by atoms with Gasteiger partial charge in [0.05, 0.1) is 26.4 Å². The molecule has 1 N–H and O–H groups in total. The lowest BCUT2D eigenvalue weighted by Crippen LogP contribution is -2.14. The van der Waals surface area contributed by atoms with Gasteiger partial charge in [-0.1, -0.05) is 6.07 Å². The van der Waals surface area contributed by atoms with Gasteiger partial charge in [-0.25, -0.2) is 4.79 Å². The van der Waals surface area contributed by atoms with Crippen molar-refractivity contribution in [1.82, 2.24) is 0 Å². The minimum atomic E-state index is -1.00. The number of ether oxygens (including phenoxy) is 3. The molecule has 1 aromatic carbocycles. The van der Waals surface area contributed by atoms with Crippen LogP contribution in [0.2, 0.25) is 0 Å². The number of methoxy groups -OCH3 is 1. The maximum atomic E-state index is 11.1. The van der Waals surface area contributed by atoms with Crippen LogP contribution in [-0.4, -0.2) is 37.5 Å². The molecule has 0 spiro atoms. The van der Waals surface area contributed by atoms with E-state index in [9.17, 15) is 4.79 Å². The first-order valence-corrected chi connectivity index (χ1v) is 6.30. The van der Waals surface area contributed by atoms with Gasteiger partial charge in [-0.2, -0.15) is 0 Å². The lowest BCUT2D eigenvalue weighted by atomic mass is 10.1. The fourth-order valence-electron chi connectivity index (χ4n) is 2.10. The number of hydrogen-bond donors (Lipinski definition) is 1. The van der Waals surface area contributed by atoms with Crippen molar-refractivity contribution in [3.8, 4) is 5.75 Å². The predicted molar refractivity (Wildman–Crippen MR) is 68.6 cm³/mol. The Hall–Kier alpha value is -1.59. The van der Waals surface area contributed by atoms with Crippen molar-refractivity contribution in [2.24, 2.45) is 0 Å². The van der Waals surface area contributed by atoms with Crippen LogP contribution in [0.4, 0.5) is 0 Å². The Bertz CT molecular complexity index is 437. The van der Waals surface area contributed by atoms with Crippen molar-refractivity contribution in [3.05, 3.63) is 29.3 Å². The molecule has 19 heavy (non-hydrogen) atoms. The van der Waals surface area contributed by atoms with Crippen LogP contribution < -0.4 is 4.74 Å². The molecule has 0 aliphatic carbocycles. The normalized spacial score (nSPS) is 18.5. The number of benzene rings is 1. The first-order valence-electron chi connectivity index (χ1n) is 6.30. The highest BCUT2D eigenvalue weighted by Crippen LogP contribution is 2.20. The van der Waals surface area contributed by atoms with Crippen LogP contribution in [0, 0.1) is 0 Å². The maximum absolute atomic E-state index is 11.1. The molecule has 1 aromatic rings. The van der Waals surface area contributed by atoms with Gasteiger partial charge >= 0.3 is 5.97 Å². The second-order valence-corrected chi connectivity index (χ2v) is 4.49. The van der Waals surface area contributed by atoms with Gasteiger partial charge in [-0.05, 0) is 30.5 Å². The van der Waals surface area contributed by atoms with Crippen molar-refractivity contribution in [3.63, 3.8) is 0 Å². The fraction of sp³-hybridized carbons (Fsp3) is 0.500. The second-order valence-electron chi connectivity index (χ2n) is 4.49. The molecule has 104 valence electrons. The standard InChI is InChI=1S/C14H18O5/c1-17-13-5-4-10(7-12(13)14(15)16)8-18-9-11-3-2-6-19-11/h4-5,7,11H,2-3,6,8-9H2,1H3,(H,15,16). The largest absolute Gasteiger partial charge is 0.496 e. The molecule has 1 heterocycles. The van der Waals surface area contributed by atoms with Crippen LogP contribution in [0.5, 0.6) is 5.75 Å². The van der Waals surface area contributed by atoms with Crippen molar-refractivity contribution in [2.45, 2.75) is 25.6 Å². The number of hydrogen-bond acceptors (Lipinski definition) is 4. The third kappa shape index (κ3) is 3.68. The van der Waals surface area contributed by atoms with E-state index in [1.54, 1.807) is 18.2 Å². The van der Waals surface area contributed by atoms with Crippen LogP contribution in [0.3, 0.4) is 0 Å². The Balaban J connectivity index is 1.92. The first kappa shape index (κ1) is 13.8. The molecule has 5 nitrogen and oxygen atoms in total. The third-order valence-corrected chi connectivity index (χ3v) is 3.09. The summed E-state index contributed by atoms with van der Waals surface area (Å²) in [6.07, 6.45) is 2.29. The van der Waals surface area contributed by atoms with E-state index in [-0.39, 0.29) is 11.7 Å². The van der Waals surface area contributed by atoms with E-state index in [0.717, 1.165) is 25.0 Å². The summed E-state index contributed by atoms with van der Waals surface area (Å²) in [6.45, 7) is 1.73. The average Bonchev–Trinajstić information content (AvgIpc) is 2.91. The zero-order valence-electron chi connectivity index (χ0n) is 10.9. The zero-order valence-corrected chi connectivity index (χ0v) is 10.9. The van der Waals surface area contributed by atoms with Crippen LogP contribution in [0.15, 0.2) is 18.2 Å². The van der Waals surface area contributed by atoms with Gasteiger partial charge in [-0.3, -0.25) is 0 Å². The van der Waals surface area contributed by atoms with Crippen LogP contribution >= 0.6 is 0 Å². The van der Waals surface area contributed by atoms with E-state index in [2.05, 4.69) is 0 Å². The fourth-order valence-corrected chi connectivity index (χ4v) is 2.10. The quantitative estimate of drug-likeness (QED) is 0.854. The number of carboxylic acid groups (broad SMARTS) is 1. The lowest BCUT2D eigenvalue weighted by Gasteiger charge is -2.11. The average molecular weight is 266 g/mol. The van der Waals surface area contributed by atoms with E-state index < -0.39 is 5.97 Å². The van der Waals surface area contributed by atoms with Gasteiger partial charge in [0, 0.05) is 6.61 Å². The maximum Gasteiger partial charge on any atom is 0.339 e. The summed E-state index contributed by atoms with van der Waals surface area (Å²) in [5.41, 5.74) is 0.969. The summed E-state index contributed by atoms with van der Waals surface area (Å²) in [7, 11) is 1.45. The summed E-state index contributed by atoms with van der Waals surface area (Å²) in [5.74, 6) is -0.645. The van der Waals surface area contributed by atoms with Gasteiger partial charge in [0.1, 0.15) is 11.3 Å². The summed E-state index contributed by atoms with van der Waals surface area (Å²) in [6, 6.07) is 5.03. The van der Waals surface area contributed by atoms with Gasteiger partial charge in [-0.15, -0.1) is 0 Å². The van der Waals surface area contributed by atoms with Crippen LogP contribution in [0.25, 0.3) is 0 Å². The molecule has 1 saturated heterocycles. The third-order valence-electron chi connectivity index (χ3n) is 3.09. The SMILES string of the molecule is COc1ccc(COCC2CCCO2)cc1C(=O)O. The highest BCUT2D eigenvalue weighted by atomic mass is 16.5.